The van der Waals surface area contributed by atoms with Gasteiger partial charge in [0.2, 0.25) is 0 Å². The summed E-state index contributed by atoms with van der Waals surface area (Å²) in [7, 11) is 0. The molecule has 3 aromatic heterocycles. The lowest BCUT2D eigenvalue weighted by atomic mass is 9.78. The Morgan fingerprint density at radius 1 is 0.935 bits per heavy atom. The average Bonchev–Trinajstić information content (AvgIpc) is 3.09. The van der Waals surface area contributed by atoms with Gasteiger partial charge in [0.05, 0.1) is 0 Å². The lowest BCUT2D eigenvalue weighted by Gasteiger charge is -2.29. The minimum atomic E-state index is 0.229. The van der Waals surface area contributed by atoms with E-state index in [1.807, 2.05) is 24.3 Å². The Morgan fingerprint density at radius 2 is 1.63 bits per heavy atom. The number of ketones is 2. The smallest absolute Gasteiger partial charge is 0.137 e. The minimum absolute atomic E-state index is 0.229. The van der Waals surface area contributed by atoms with Crippen LogP contribution in [-0.4, -0.2) is 33.2 Å². The van der Waals surface area contributed by atoms with Crippen LogP contribution in [0.15, 0.2) is 89.6 Å². The highest BCUT2D eigenvalue weighted by atomic mass is 16.1. The molecule has 46 heavy (non-hydrogen) atoms. The fraction of sp³-hybridized carbons (Fsp3) is 0.450. The molecule has 0 saturated heterocycles. The van der Waals surface area contributed by atoms with Gasteiger partial charge in [-0.1, -0.05) is 57.0 Å². The number of nitrogens with zero attached hydrogens (tertiary/aromatic N) is 4. The van der Waals surface area contributed by atoms with Crippen LogP contribution >= 0.6 is 0 Å². The van der Waals surface area contributed by atoms with Gasteiger partial charge in [0.1, 0.15) is 11.6 Å². The Kier molecular flexibility index (Phi) is 13.8. The Balaban J connectivity index is 1.39. The normalized spacial score (nSPS) is 17.8. The van der Waals surface area contributed by atoms with Gasteiger partial charge in [-0.15, -0.1) is 0 Å². The van der Waals surface area contributed by atoms with Crippen LogP contribution in [0.25, 0.3) is 0 Å². The second-order valence-corrected chi connectivity index (χ2v) is 12.7. The Bertz CT molecular complexity index is 1500. The number of carbonyl (C=O) groups excluding carboxylic acids is 2. The summed E-state index contributed by atoms with van der Waals surface area (Å²) in [5, 5.41) is 0. The predicted octanol–water partition coefficient (Wildman–Crippen LogP) is 8.60. The quantitative estimate of drug-likeness (QED) is 0.112. The Labute approximate surface area is 275 Å². The minimum Gasteiger partial charge on any atom is -0.299 e. The summed E-state index contributed by atoms with van der Waals surface area (Å²) in [4.78, 5) is 43.2. The first kappa shape index (κ1) is 34.8. The molecule has 0 spiro atoms. The zero-order chi connectivity index (χ0) is 32.7. The fourth-order valence-corrected chi connectivity index (χ4v) is 6.50. The molecule has 1 saturated carbocycles. The number of aromatic nitrogens is 3. The molecule has 3 unspecified atom stereocenters. The molecule has 1 aliphatic carbocycles. The molecule has 6 nitrogen and oxygen atoms in total. The molecular formula is C40H50N4O2. The van der Waals surface area contributed by atoms with Gasteiger partial charge in [-0.05, 0) is 98.5 Å². The summed E-state index contributed by atoms with van der Waals surface area (Å²) < 4.78 is 0. The third kappa shape index (κ3) is 10.5. The number of allylic oxidation sites excluding steroid dienone is 4. The van der Waals surface area contributed by atoms with Crippen molar-refractivity contribution in [2.75, 3.05) is 0 Å². The highest BCUT2D eigenvalue weighted by molar-refractivity contribution is 5.81. The summed E-state index contributed by atoms with van der Waals surface area (Å²) >= 11 is 0. The van der Waals surface area contributed by atoms with Crippen molar-refractivity contribution in [3.63, 3.8) is 0 Å². The Morgan fingerprint density at radius 3 is 2.24 bits per heavy atom. The molecule has 0 aliphatic heterocycles. The molecule has 1 fully saturated rings. The molecule has 0 amide bonds. The van der Waals surface area contributed by atoms with E-state index in [4.69, 9.17) is 4.98 Å². The van der Waals surface area contributed by atoms with E-state index >= 15 is 0 Å². The van der Waals surface area contributed by atoms with E-state index in [0.29, 0.717) is 43.4 Å². The third-order valence-corrected chi connectivity index (χ3v) is 9.45. The summed E-state index contributed by atoms with van der Waals surface area (Å²) in [6, 6.07) is 12.0. The second-order valence-electron chi connectivity index (χ2n) is 12.7. The number of aliphatic imine (C=N–C) groups is 1. The molecule has 0 bridgehead atoms. The van der Waals surface area contributed by atoms with E-state index in [1.54, 1.807) is 24.8 Å². The van der Waals surface area contributed by atoms with Crippen molar-refractivity contribution in [1.29, 1.82) is 0 Å². The summed E-state index contributed by atoms with van der Waals surface area (Å²) in [6.07, 6.45) is 20.9. The number of Topliss-reactive ketones (excluding diaryl/α,β-unsaturated/α-hetero) is 2. The van der Waals surface area contributed by atoms with Gasteiger partial charge in [0.15, 0.2) is 0 Å². The van der Waals surface area contributed by atoms with Gasteiger partial charge >= 0.3 is 0 Å². The van der Waals surface area contributed by atoms with Crippen LogP contribution in [0.4, 0.5) is 0 Å². The van der Waals surface area contributed by atoms with Gasteiger partial charge in [0.25, 0.3) is 0 Å². The van der Waals surface area contributed by atoms with Crippen LogP contribution in [0.1, 0.15) is 106 Å². The van der Waals surface area contributed by atoms with Crippen LogP contribution < -0.4 is 0 Å². The van der Waals surface area contributed by atoms with Crippen LogP contribution in [0.2, 0.25) is 0 Å². The maximum Gasteiger partial charge on any atom is 0.137 e. The SMILES string of the molecule is C=NC(=CC=C(CCC(=O)Cc1cccnc1)C(C)CC)C1CCCC(c2ccc(CCC(=O)Cc3cccnc3)c(CC)n2)C1. The number of aryl methyl sites for hydroxylation is 2. The third-order valence-electron chi connectivity index (χ3n) is 9.45. The average molecular weight is 619 g/mol. The molecule has 0 N–H and O–H groups in total. The van der Waals surface area contributed by atoms with Crippen molar-refractivity contribution in [1.82, 2.24) is 15.0 Å². The van der Waals surface area contributed by atoms with E-state index in [2.05, 4.69) is 66.7 Å². The molecule has 3 aromatic rings. The lowest BCUT2D eigenvalue weighted by molar-refractivity contribution is -0.119. The molecule has 4 rings (SSSR count). The first-order valence-corrected chi connectivity index (χ1v) is 17.1. The molecule has 6 heteroatoms. The van der Waals surface area contributed by atoms with Crippen LogP contribution in [-0.2, 0) is 35.3 Å². The van der Waals surface area contributed by atoms with Crippen molar-refractivity contribution in [2.45, 2.75) is 104 Å². The highest BCUT2D eigenvalue weighted by Crippen LogP contribution is 2.39. The van der Waals surface area contributed by atoms with Crippen LogP contribution in [0.3, 0.4) is 0 Å². The number of rotatable bonds is 17. The maximum absolute atomic E-state index is 12.7. The molecule has 3 heterocycles. The van der Waals surface area contributed by atoms with Crippen LogP contribution in [0, 0.1) is 11.8 Å². The molecule has 3 atom stereocenters. The number of pyridine rings is 3. The lowest BCUT2D eigenvalue weighted by Crippen LogP contribution is -2.17. The predicted molar refractivity (Wildman–Crippen MR) is 187 cm³/mol. The molecular weight excluding hydrogens is 568 g/mol. The summed E-state index contributed by atoms with van der Waals surface area (Å²) in [5.41, 5.74) is 7.68. The largest absolute Gasteiger partial charge is 0.299 e. The zero-order valence-corrected chi connectivity index (χ0v) is 28.0. The van der Waals surface area contributed by atoms with E-state index in [0.717, 1.165) is 79.6 Å². The van der Waals surface area contributed by atoms with Crippen molar-refractivity contribution < 1.29 is 9.59 Å². The zero-order valence-electron chi connectivity index (χ0n) is 28.0. The first-order valence-electron chi connectivity index (χ1n) is 17.1. The van der Waals surface area contributed by atoms with E-state index in [-0.39, 0.29) is 11.6 Å². The van der Waals surface area contributed by atoms with E-state index < -0.39 is 0 Å². The summed E-state index contributed by atoms with van der Waals surface area (Å²) in [6.45, 7) is 10.5. The maximum atomic E-state index is 12.7. The topological polar surface area (TPSA) is 85.2 Å². The number of carbonyl (C=O) groups is 2. The number of hydrogen-bond donors (Lipinski definition) is 0. The molecule has 242 valence electrons. The number of hydrogen-bond acceptors (Lipinski definition) is 6. The van der Waals surface area contributed by atoms with Crippen molar-refractivity contribution >= 4 is 18.3 Å². The van der Waals surface area contributed by atoms with Gasteiger partial charge in [-0.2, -0.15) is 0 Å². The Hall–Kier alpha value is -4.06. The van der Waals surface area contributed by atoms with Gasteiger partial charge in [-0.25, -0.2) is 0 Å². The van der Waals surface area contributed by atoms with Crippen molar-refractivity contribution in [3.8, 4) is 0 Å². The fourth-order valence-electron chi connectivity index (χ4n) is 6.50. The summed E-state index contributed by atoms with van der Waals surface area (Å²) in [5.74, 6) is 1.57. The highest BCUT2D eigenvalue weighted by Gasteiger charge is 2.27. The molecule has 1 aliphatic rings. The van der Waals surface area contributed by atoms with E-state index in [9.17, 15) is 9.59 Å². The molecule has 0 radical (unpaired) electrons. The van der Waals surface area contributed by atoms with Gasteiger partial charge < -0.3 is 0 Å². The van der Waals surface area contributed by atoms with Crippen molar-refractivity contribution in [3.05, 3.63) is 113 Å². The monoisotopic (exact) mass is 618 g/mol. The second kappa shape index (κ2) is 18.2. The standard InChI is InChI=1S/C40H50N4O2/c1-5-29(3)32(14-18-36(45)24-30-10-8-22-42-27-30)16-20-39(41-4)34-12-7-13-35(26-34)40-21-17-33(38(6-2)44-40)15-19-37(46)25-31-11-9-23-43-28-31/h8-11,16-17,20-23,27-29,34-35H,4-7,12-15,18-19,24-26H2,1-3H3. The molecule has 0 aromatic carbocycles. The first-order chi connectivity index (χ1) is 22.4. The van der Waals surface area contributed by atoms with Gasteiger partial charge in [-0.3, -0.25) is 29.5 Å². The van der Waals surface area contributed by atoms with Crippen molar-refractivity contribution in [2.24, 2.45) is 16.8 Å². The van der Waals surface area contributed by atoms with E-state index in [1.165, 1.54) is 11.1 Å². The van der Waals surface area contributed by atoms with Crippen LogP contribution in [0.5, 0.6) is 0 Å². The van der Waals surface area contributed by atoms with Gasteiger partial charge in [0, 0.05) is 79.4 Å².